The van der Waals surface area contributed by atoms with E-state index in [1.54, 1.807) is 0 Å². The van der Waals surface area contributed by atoms with E-state index in [2.05, 4.69) is 33.8 Å². The predicted octanol–water partition coefficient (Wildman–Crippen LogP) is 3.79. The topological polar surface area (TPSA) is 52.6 Å². The molecule has 1 aliphatic heterocycles. The fourth-order valence-corrected chi connectivity index (χ4v) is 4.27. The third-order valence-corrected chi connectivity index (χ3v) is 4.76. The molecule has 4 heteroatoms. The van der Waals surface area contributed by atoms with Crippen molar-refractivity contribution in [1.82, 2.24) is 0 Å². The minimum absolute atomic E-state index is 0.0738. The van der Waals surface area contributed by atoms with Gasteiger partial charge in [0.25, 0.3) is 0 Å². The molecule has 0 amide bonds. The Morgan fingerprint density at radius 1 is 1.32 bits per heavy atom. The van der Waals surface area contributed by atoms with Crippen LogP contribution < -0.4 is 0 Å². The Hall–Kier alpha value is -1.32. The van der Waals surface area contributed by atoms with Gasteiger partial charge in [0.05, 0.1) is 7.11 Å². The Kier molecular flexibility index (Phi) is 4.42. The van der Waals surface area contributed by atoms with E-state index in [-0.39, 0.29) is 29.2 Å². The maximum absolute atomic E-state index is 11.8. The van der Waals surface area contributed by atoms with Gasteiger partial charge < -0.3 is 9.47 Å². The standard InChI is InChI=1S/C18H28O4/c1-16(2)10-13(11-17(3,4)12-16)18(8-6-14(19)21-5)9-7-15(20)22-18/h10H,6-9,11-12H2,1-5H3. The molecule has 22 heavy (non-hydrogen) atoms. The van der Waals surface area contributed by atoms with E-state index in [0.29, 0.717) is 19.3 Å². The van der Waals surface area contributed by atoms with Gasteiger partial charge in [-0.2, -0.15) is 0 Å². The van der Waals surface area contributed by atoms with Crippen LogP contribution in [0.15, 0.2) is 11.6 Å². The zero-order chi connectivity index (χ0) is 16.6. The normalized spacial score (nSPS) is 29.7. The monoisotopic (exact) mass is 308 g/mol. The Morgan fingerprint density at radius 2 is 2.00 bits per heavy atom. The first-order chi connectivity index (χ1) is 10.1. The highest BCUT2D eigenvalue weighted by atomic mass is 16.6. The number of esters is 2. The van der Waals surface area contributed by atoms with E-state index in [4.69, 9.17) is 9.47 Å². The molecular weight excluding hydrogens is 280 g/mol. The molecule has 0 aromatic heterocycles. The fourth-order valence-electron chi connectivity index (χ4n) is 4.27. The van der Waals surface area contributed by atoms with Crippen LogP contribution in [-0.4, -0.2) is 24.6 Å². The number of ether oxygens (including phenoxy) is 2. The van der Waals surface area contributed by atoms with Crippen molar-refractivity contribution in [3.8, 4) is 0 Å². The summed E-state index contributed by atoms with van der Waals surface area (Å²) in [6, 6.07) is 0. The van der Waals surface area contributed by atoms with Gasteiger partial charge >= 0.3 is 11.9 Å². The predicted molar refractivity (Wildman–Crippen MR) is 84.2 cm³/mol. The Labute approximate surface area is 133 Å². The lowest BCUT2D eigenvalue weighted by molar-refractivity contribution is -0.150. The molecule has 0 N–H and O–H groups in total. The van der Waals surface area contributed by atoms with Crippen LogP contribution in [0.5, 0.6) is 0 Å². The molecule has 1 aliphatic carbocycles. The van der Waals surface area contributed by atoms with Crippen LogP contribution >= 0.6 is 0 Å². The summed E-state index contributed by atoms with van der Waals surface area (Å²) < 4.78 is 10.5. The third-order valence-electron chi connectivity index (χ3n) is 4.76. The van der Waals surface area contributed by atoms with Crippen LogP contribution in [0.25, 0.3) is 0 Å². The first kappa shape index (κ1) is 17.0. The molecule has 0 aromatic carbocycles. The average molecular weight is 308 g/mol. The van der Waals surface area contributed by atoms with Gasteiger partial charge in [0.1, 0.15) is 5.60 Å². The molecule has 1 unspecified atom stereocenters. The summed E-state index contributed by atoms with van der Waals surface area (Å²) >= 11 is 0. The van der Waals surface area contributed by atoms with E-state index in [9.17, 15) is 9.59 Å². The van der Waals surface area contributed by atoms with Crippen molar-refractivity contribution in [3.05, 3.63) is 11.6 Å². The minimum atomic E-state index is -0.611. The second-order valence-corrected chi connectivity index (χ2v) is 8.22. The first-order valence-electron chi connectivity index (χ1n) is 8.08. The molecule has 4 nitrogen and oxygen atoms in total. The lowest BCUT2D eigenvalue weighted by atomic mass is 9.63. The molecule has 0 aromatic rings. The smallest absolute Gasteiger partial charge is 0.306 e. The van der Waals surface area contributed by atoms with Crippen LogP contribution in [0.4, 0.5) is 0 Å². The lowest BCUT2D eigenvalue weighted by Gasteiger charge is -2.44. The maximum Gasteiger partial charge on any atom is 0.306 e. The summed E-state index contributed by atoms with van der Waals surface area (Å²) in [5, 5.41) is 0. The Bertz CT molecular complexity index is 501. The number of cyclic esters (lactones) is 1. The second kappa shape index (κ2) is 5.71. The molecule has 124 valence electrons. The molecule has 1 atom stereocenters. The molecule has 1 heterocycles. The second-order valence-electron chi connectivity index (χ2n) is 8.22. The van der Waals surface area contributed by atoms with Gasteiger partial charge in [0.15, 0.2) is 0 Å². The van der Waals surface area contributed by atoms with Crippen molar-refractivity contribution in [3.63, 3.8) is 0 Å². The summed E-state index contributed by atoms with van der Waals surface area (Å²) in [5.41, 5.74) is 0.814. The molecule has 0 saturated carbocycles. The molecule has 1 saturated heterocycles. The highest BCUT2D eigenvalue weighted by Crippen LogP contribution is 2.51. The van der Waals surface area contributed by atoms with Gasteiger partial charge in [0, 0.05) is 25.7 Å². The molecule has 0 radical (unpaired) electrons. The SMILES string of the molecule is COC(=O)CCC1(C2=CC(C)(C)CC(C)(C)C2)CCC(=O)O1. The average Bonchev–Trinajstić information content (AvgIpc) is 2.75. The van der Waals surface area contributed by atoms with Gasteiger partial charge in [-0.05, 0) is 29.2 Å². The van der Waals surface area contributed by atoms with Crippen molar-refractivity contribution in [1.29, 1.82) is 0 Å². The summed E-state index contributed by atoms with van der Waals surface area (Å²) in [6.45, 7) is 8.95. The highest BCUT2D eigenvalue weighted by Gasteiger charge is 2.47. The number of allylic oxidation sites excluding steroid dienone is 1. The lowest BCUT2D eigenvalue weighted by Crippen LogP contribution is -2.39. The zero-order valence-electron chi connectivity index (χ0n) is 14.5. The first-order valence-corrected chi connectivity index (χ1v) is 8.08. The van der Waals surface area contributed by atoms with Crippen molar-refractivity contribution >= 4 is 11.9 Å². The number of hydrogen-bond acceptors (Lipinski definition) is 4. The summed E-state index contributed by atoms with van der Waals surface area (Å²) in [6.07, 6.45) is 6.18. The molecule has 0 spiro atoms. The van der Waals surface area contributed by atoms with E-state index >= 15 is 0 Å². The van der Waals surface area contributed by atoms with Gasteiger partial charge in [-0.15, -0.1) is 0 Å². The molecule has 2 aliphatic rings. The number of carbonyl (C=O) groups is 2. The number of carbonyl (C=O) groups excluding carboxylic acids is 2. The van der Waals surface area contributed by atoms with E-state index in [1.807, 2.05) is 0 Å². The minimum Gasteiger partial charge on any atom is -0.469 e. The number of methoxy groups -OCH3 is 1. The summed E-state index contributed by atoms with van der Waals surface area (Å²) in [5.74, 6) is -0.413. The highest BCUT2D eigenvalue weighted by molar-refractivity contribution is 5.74. The van der Waals surface area contributed by atoms with Crippen molar-refractivity contribution in [2.45, 2.75) is 71.8 Å². The van der Waals surface area contributed by atoms with E-state index in [0.717, 1.165) is 12.8 Å². The largest absolute Gasteiger partial charge is 0.469 e. The Morgan fingerprint density at radius 3 is 2.50 bits per heavy atom. The zero-order valence-corrected chi connectivity index (χ0v) is 14.5. The number of hydrogen-bond donors (Lipinski definition) is 0. The van der Waals surface area contributed by atoms with Crippen LogP contribution in [0.3, 0.4) is 0 Å². The quantitative estimate of drug-likeness (QED) is 0.586. The van der Waals surface area contributed by atoms with Gasteiger partial charge in [-0.3, -0.25) is 9.59 Å². The van der Waals surface area contributed by atoms with Gasteiger partial charge in [-0.1, -0.05) is 33.8 Å². The van der Waals surface area contributed by atoms with Gasteiger partial charge in [-0.25, -0.2) is 0 Å². The number of rotatable bonds is 4. The van der Waals surface area contributed by atoms with Crippen LogP contribution in [0, 0.1) is 10.8 Å². The molecule has 1 fully saturated rings. The third kappa shape index (κ3) is 3.71. The summed E-state index contributed by atoms with van der Waals surface area (Å²) in [7, 11) is 1.39. The molecule has 0 bridgehead atoms. The van der Waals surface area contributed by atoms with Crippen molar-refractivity contribution in [2.75, 3.05) is 7.11 Å². The molecular formula is C18H28O4. The van der Waals surface area contributed by atoms with Gasteiger partial charge in [0.2, 0.25) is 0 Å². The van der Waals surface area contributed by atoms with Crippen LogP contribution in [-0.2, 0) is 19.1 Å². The summed E-state index contributed by atoms with van der Waals surface area (Å²) in [4.78, 5) is 23.3. The Balaban J connectivity index is 2.31. The van der Waals surface area contributed by atoms with E-state index in [1.165, 1.54) is 12.7 Å². The fraction of sp³-hybridized carbons (Fsp3) is 0.778. The maximum atomic E-state index is 11.8. The van der Waals surface area contributed by atoms with Crippen molar-refractivity contribution < 1.29 is 19.1 Å². The van der Waals surface area contributed by atoms with Crippen molar-refractivity contribution in [2.24, 2.45) is 10.8 Å². The molecule has 2 rings (SSSR count). The van der Waals surface area contributed by atoms with Crippen LogP contribution in [0.2, 0.25) is 0 Å². The van der Waals surface area contributed by atoms with E-state index < -0.39 is 5.60 Å². The van der Waals surface area contributed by atoms with Crippen LogP contribution in [0.1, 0.15) is 66.2 Å².